The first-order valence-electron chi connectivity index (χ1n) is 21.1. The number of aromatic nitrogens is 1. The Kier molecular flexibility index (Phi) is 11.5. The summed E-state index contributed by atoms with van der Waals surface area (Å²) in [5.41, 5.74) is -3.64. The summed E-state index contributed by atoms with van der Waals surface area (Å²) in [6.45, 7) is 2.98. The van der Waals surface area contributed by atoms with Crippen molar-refractivity contribution in [2.45, 2.75) is 112 Å². The lowest BCUT2D eigenvalue weighted by Crippen LogP contribution is -2.55. The third-order valence-electron chi connectivity index (χ3n) is 13.7. The van der Waals surface area contributed by atoms with Crippen LogP contribution in [0.1, 0.15) is 94.5 Å². The molecule has 3 saturated heterocycles. The molecule has 1 saturated carbocycles. The number of aliphatic carboxylic acids is 1. The number of carboxylic acids is 1. The maximum Gasteiger partial charge on any atom is 0.306 e. The molecule has 0 radical (unpaired) electrons. The molecule has 3 aliphatic heterocycles. The van der Waals surface area contributed by atoms with Crippen LogP contribution in [0.4, 0.5) is 0 Å². The highest BCUT2D eigenvalue weighted by Gasteiger charge is 2.55. The van der Waals surface area contributed by atoms with Crippen molar-refractivity contribution in [3.8, 4) is 29.0 Å². The minimum absolute atomic E-state index is 0.0116. The standard InChI is InChI=1S/C44H50N2O16S/c1-19-39-24(45-11-12-59-43(58-3)41(45)62-39)13-30(60-19)61-26-16-44(56,28(47)18-63-27-14-29(48)46(40(27)53)17-20-7-9-21(10-8-20)42(54)55)15-23-32(26)38(52)34-33(36(23)50)35(49)22-5-4-6-25(57-2)31(22)37(34)51/h4-6,14,19-21,24,26,30,39,41,43,48,50,52-53,56H,7-13,15-18H2,1-3H3,(H,54,55)/t19-,20?,21?,24-,26-,30-,39+,41+,43-,44-/m0/s1. The van der Waals surface area contributed by atoms with Crippen LogP contribution in [-0.4, -0.2) is 139 Å². The number of aromatic hydroxyl groups is 4. The number of fused-ring (bicyclic) bond motifs is 6. The van der Waals surface area contributed by atoms with Gasteiger partial charge in [0.15, 0.2) is 36.3 Å². The average molecular weight is 895 g/mol. The molecule has 338 valence electrons. The van der Waals surface area contributed by atoms with E-state index in [1.54, 1.807) is 0 Å². The number of carbonyl (C=O) groups is 4. The largest absolute Gasteiger partial charge is 0.507 e. The lowest BCUT2D eigenvalue weighted by molar-refractivity contribution is -0.256. The first kappa shape index (κ1) is 43.5. The van der Waals surface area contributed by atoms with Crippen molar-refractivity contribution < 1.29 is 78.2 Å². The lowest BCUT2D eigenvalue weighted by atomic mass is 9.72. The van der Waals surface area contributed by atoms with E-state index >= 15 is 0 Å². The van der Waals surface area contributed by atoms with E-state index in [9.17, 15) is 49.8 Å². The van der Waals surface area contributed by atoms with Crippen LogP contribution in [0.25, 0.3) is 0 Å². The molecule has 0 spiro atoms. The number of ketones is 3. The molecule has 9 rings (SSSR count). The van der Waals surface area contributed by atoms with Gasteiger partial charge in [0.2, 0.25) is 11.7 Å². The molecule has 0 unspecified atom stereocenters. The smallest absolute Gasteiger partial charge is 0.306 e. The van der Waals surface area contributed by atoms with Crippen molar-refractivity contribution in [3.63, 3.8) is 0 Å². The molecule has 1 aromatic heterocycles. The summed E-state index contributed by atoms with van der Waals surface area (Å²) in [4.78, 5) is 56.3. The molecule has 3 aliphatic carbocycles. The second-order valence-corrected chi connectivity index (χ2v) is 18.3. The average Bonchev–Trinajstić information content (AvgIpc) is 3.78. The zero-order valence-corrected chi connectivity index (χ0v) is 35.7. The van der Waals surface area contributed by atoms with Crippen molar-refractivity contribution >= 4 is 35.1 Å². The predicted octanol–water partition coefficient (Wildman–Crippen LogP) is 3.62. The zero-order valence-electron chi connectivity index (χ0n) is 34.9. The van der Waals surface area contributed by atoms with Gasteiger partial charge in [-0.3, -0.25) is 28.6 Å². The van der Waals surface area contributed by atoms with E-state index in [2.05, 4.69) is 4.90 Å². The van der Waals surface area contributed by atoms with Crippen molar-refractivity contribution in [2.24, 2.45) is 11.8 Å². The molecular formula is C44H50N2O16S. The molecule has 63 heavy (non-hydrogen) atoms. The number of benzene rings is 2. The van der Waals surface area contributed by atoms with E-state index in [0.29, 0.717) is 38.8 Å². The number of carboxylic acid groups (broad SMARTS) is 1. The molecule has 0 bridgehead atoms. The Morgan fingerprint density at radius 1 is 0.984 bits per heavy atom. The van der Waals surface area contributed by atoms with Gasteiger partial charge >= 0.3 is 5.97 Å². The van der Waals surface area contributed by atoms with Crippen LogP contribution in [0.15, 0.2) is 29.2 Å². The summed E-state index contributed by atoms with van der Waals surface area (Å²) < 4.78 is 37.3. The number of phenols is 2. The minimum Gasteiger partial charge on any atom is -0.507 e. The van der Waals surface area contributed by atoms with Crippen LogP contribution < -0.4 is 4.74 Å². The lowest BCUT2D eigenvalue weighted by Gasteiger charge is -2.43. The van der Waals surface area contributed by atoms with Gasteiger partial charge < -0.3 is 59.1 Å². The van der Waals surface area contributed by atoms with E-state index in [1.807, 2.05) is 6.92 Å². The number of phenolic OH excluding ortho intramolecular Hbond substituents is 2. The van der Waals surface area contributed by atoms with Gasteiger partial charge in [0, 0.05) is 68.3 Å². The molecule has 19 heteroatoms. The van der Waals surface area contributed by atoms with Crippen molar-refractivity contribution in [1.29, 1.82) is 0 Å². The highest BCUT2D eigenvalue weighted by Crippen LogP contribution is 2.53. The van der Waals surface area contributed by atoms with Crippen LogP contribution in [0.3, 0.4) is 0 Å². The first-order valence-corrected chi connectivity index (χ1v) is 22.1. The van der Waals surface area contributed by atoms with Crippen LogP contribution >= 0.6 is 11.8 Å². The topological polar surface area (TPSA) is 253 Å². The number of hydrogen-bond acceptors (Lipinski definition) is 17. The number of ether oxygens (including phenoxy) is 6. The highest BCUT2D eigenvalue weighted by atomic mass is 32.2. The number of thioether (sulfide) groups is 1. The summed E-state index contributed by atoms with van der Waals surface area (Å²) in [6.07, 6.45) is -3.06. The third kappa shape index (κ3) is 7.35. The maximum atomic E-state index is 14.3. The van der Waals surface area contributed by atoms with E-state index < -0.39 is 107 Å². The molecular weight excluding hydrogens is 845 g/mol. The second-order valence-electron chi connectivity index (χ2n) is 17.3. The Balaban J connectivity index is 1.02. The fourth-order valence-electron chi connectivity index (χ4n) is 10.5. The van der Waals surface area contributed by atoms with Crippen LogP contribution in [0.5, 0.6) is 29.0 Å². The molecule has 6 N–H and O–H groups in total. The predicted molar refractivity (Wildman–Crippen MR) is 218 cm³/mol. The molecule has 18 nitrogen and oxygen atoms in total. The normalized spacial score (nSPS) is 31.4. The first-order chi connectivity index (χ1) is 30.1. The highest BCUT2D eigenvalue weighted by molar-refractivity contribution is 8.00. The monoisotopic (exact) mass is 894 g/mol. The van der Waals surface area contributed by atoms with E-state index in [1.165, 1.54) is 43.1 Å². The number of hydrogen-bond donors (Lipinski definition) is 6. The summed E-state index contributed by atoms with van der Waals surface area (Å²) in [6, 6.07) is 5.50. The van der Waals surface area contributed by atoms with Gasteiger partial charge in [-0.25, -0.2) is 0 Å². The number of morpholine rings is 1. The molecule has 0 amide bonds. The number of methoxy groups -OCH3 is 2. The van der Waals surface area contributed by atoms with Crippen molar-refractivity contribution in [2.75, 3.05) is 33.1 Å². The Bertz CT molecular complexity index is 2360. The second kappa shape index (κ2) is 16.7. The number of rotatable bonds is 11. The minimum atomic E-state index is -2.28. The molecule has 3 aromatic rings. The molecule has 4 heterocycles. The molecule has 8 atom stereocenters. The summed E-state index contributed by atoms with van der Waals surface area (Å²) in [5.74, 6) is -5.77. The summed E-state index contributed by atoms with van der Waals surface area (Å²) >= 11 is 0.871. The van der Waals surface area contributed by atoms with Gasteiger partial charge in [0.05, 0.1) is 59.2 Å². The van der Waals surface area contributed by atoms with Crippen molar-refractivity contribution in [3.05, 3.63) is 57.6 Å². The quantitative estimate of drug-likeness (QED) is 0.0929. The Morgan fingerprint density at radius 3 is 2.44 bits per heavy atom. The SMILES string of the molecule is COc1cccc2c1C(=O)c1c(O)c3c(c(O)c1C2=O)C[C@@](O)(C(=O)CSc1cc(O)n(CC2CCC(C(=O)O)CC2)c1O)C[C@@H]3O[C@H]1C[C@H]2[C@H](O[C@@H]3[C@@H](OC)OCCN32)[C@H](C)O1. The molecule has 2 aromatic carbocycles. The van der Waals surface area contributed by atoms with Gasteiger partial charge in [-0.15, -0.1) is 11.8 Å². The Labute approximate surface area is 365 Å². The van der Waals surface area contributed by atoms with Gasteiger partial charge in [-0.2, -0.15) is 0 Å². The van der Waals surface area contributed by atoms with Crippen molar-refractivity contribution in [1.82, 2.24) is 9.47 Å². The van der Waals surface area contributed by atoms with E-state index in [0.717, 1.165) is 11.8 Å². The molecule has 6 aliphatic rings. The molecule has 4 fully saturated rings. The number of aliphatic hydroxyl groups is 1. The Morgan fingerprint density at radius 2 is 1.73 bits per heavy atom. The fourth-order valence-corrected chi connectivity index (χ4v) is 11.4. The Hall–Kier alpha value is -4.73. The zero-order chi connectivity index (χ0) is 44.6. The number of Topliss-reactive ketones (excluding diaryl/α,β-unsaturated/α-hetero) is 1. The van der Waals surface area contributed by atoms with Gasteiger partial charge in [0.1, 0.15) is 29.0 Å². The van der Waals surface area contributed by atoms with E-state index in [-0.39, 0.29) is 75.7 Å². The fraction of sp³-hybridized carbons (Fsp3) is 0.545. The summed E-state index contributed by atoms with van der Waals surface area (Å²) in [7, 11) is 2.87. The summed E-state index contributed by atoms with van der Waals surface area (Å²) in [5, 5.41) is 67.9. The number of carbonyl (C=O) groups excluding carboxylic acids is 3. The van der Waals surface area contributed by atoms with Gasteiger partial charge in [0.25, 0.3) is 0 Å². The van der Waals surface area contributed by atoms with Crippen LogP contribution in [0, 0.1) is 11.8 Å². The van der Waals surface area contributed by atoms with E-state index in [4.69, 9.17) is 28.4 Å². The number of nitrogens with zero attached hydrogens (tertiary/aromatic N) is 2. The van der Waals surface area contributed by atoms with Crippen LogP contribution in [-0.2, 0) is 46.2 Å². The van der Waals surface area contributed by atoms with Gasteiger partial charge in [-0.05, 0) is 44.6 Å². The maximum absolute atomic E-state index is 14.3. The van der Waals surface area contributed by atoms with Crippen LogP contribution in [0.2, 0.25) is 0 Å². The van der Waals surface area contributed by atoms with Gasteiger partial charge in [-0.1, -0.05) is 12.1 Å². The third-order valence-corrected chi connectivity index (χ3v) is 14.7.